The summed E-state index contributed by atoms with van der Waals surface area (Å²) in [5, 5.41) is 19.8. The van der Waals surface area contributed by atoms with Gasteiger partial charge in [-0.2, -0.15) is 0 Å². The molecule has 3 N–H and O–H groups in total. The summed E-state index contributed by atoms with van der Waals surface area (Å²) >= 11 is 0. The van der Waals surface area contributed by atoms with E-state index in [0.29, 0.717) is 29.7 Å². The summed E-state index contributed by atoms with van der Waals surface area (Å²) in [7, 11) is 0. The first kappa shape index (κ1) is 19.9. The third kappa shape index (κ3) is 4.06. The number of aromatic amines is 1. The number of nitrogens with zero attached hydrogens (tertiary/aromatic N) is 1. The van der Waals surface area contributed by atoms with Gasteiger partial charge in [0.05, 0.1) is 5.70 Å². The highest BCUT2D eigenvalue weighted by molar-refractivity contribution is 6.07. The van der Waals surface area contributed by atoms with Gasteiger partial charge in [-0.25, -0.2) is 14.5 Å². The molecule has 2 aromatic carbocycles. The highest BCUT2D eigenvalue weighted by Crippen LogP contribution is 2.33. The second kappa shape index (κ2) is 8.48. The Morgan fingerprint density at radius 2 is 1.59 bits per heavy atom. The Morgan fingerprint density at radius 1 is 1.00 bits per heavy atom. The van der Waals surface area contributed by atoms with Crippen molar-refractivity contribution in [3.63, 3.8) is 0 Å². The quantitative estimate of drug-likeness (QED) is 0.528. The SMILES string of the molecule is C=C(c1ccccc1)N(C(=O)O)c1[nH]c(Cc2ccccc2)c(CC)c1C(=O)O. The average molecular weight is 390 g/mol. The Balaban J connectivity index is 2.14. The van der Waals surface area contributed by atoms with E-state index in [1.54, 1.807) is 24.3 Å². The van der Waals surface area contributed by atoms with Crippen molar-refractivity contribution in [2.24, 2.45) is 0 Å². The zero-order valence-corrected chi connectivity index (χ0v) is 16.1. The fourth-order valence-corrected chi connectivity index (χ4v) is 3.42. The number of benzene rings is 2. The second-order valence-corrected chi connectivity index (χ2v) is 6.56. The number of rotatable bonds is 7. The molecule has 0 aliphatic heterocycles. The van der Waals surface area contributed by atoms with Crippen LogP contribution in [0.15, 0.2) is 67.2 Å². The fraction of sp³-hybridized carbons (Fsp3) is 0.130. The number of carboxylic acid groups (broad SMARTS) is 2. The van der Waals surface area contributed by atoms with Crippen LogP contribution < -0.4 is 4.90 Å². The molecule has 6 nitrogen and oxygen atoms in total. The van der Waals surface area contributed by atoms with Crippen LogP contribution in [0.5, 0.6) is 0 Å². The summed E-state index contributed by atoms with van der Waals surface area (Å²) in [5.41, 5.74) is 2.98. The number of aromatic nitrogens is 1. The zero-order chi connectivity index (χ0) is 21.0. The average Bonchev–Trinajstić information content (AvgIpc) is 3.07. The maximum absolute atomic E-state index is 12.1. The monoisotopic (exact) mass is 390 g/mol. The van der Waals surface area contributed by atoms with Crippen LogP contribution in [0.1, 0.15) is 39.7 Å². The van der Waals surface area contributed by atoms with Gasteiger partial charge in [-0.05, 0) is 23.1 Å². The van der Waals surface area contributed by atoms with Crippen molar-refractivity contribution in [1.82, 2.24) is 4.98 Å². The van der Waals surface area contributed by atoms with Gasteiger partial charge in [0.2, 0.25) is 0 Å². The van der Waals surface area contributed by atoms with Gasteiger partial charge < -0.3 is 15.2 Å². The first-order chi connectivity index (χ1) is 13.9. The van der Waals surface area contributed by atoms with Crippen LogP contribution in [0.25, 0.3) is 5.70 Å². The summed E-state index contributed by atoms with van der Waals surface area (Å²) in [6, 6.07) is 18.4. The molecule has 0 aliphatic carbocycles. The topological polar surface area (TPSA) is 93.6 Å². The van der Waals surface area contributed by atoms with Crippen molar-refractivity contribution in [2.45, 2.75) is 19.8 Å². The van der Waals surface area contributed by atoms with Gasteiger partial charge in [-0.3, -0.25) is 0 Å². The van der Waals surface area contributed by atoms with E-state index in [9.17, 15) is 19.8 Å². The molecule has 3 rings (SSSR count). The lowest BCUT2D eigenvalue weighted by atomic mass is 10.0. The van der Waals surface area contributed by atoms with E-state index in [0.717, 1.165) is 10.5 Å². The Bertz CT molecular complexity index is 1040. The van der Waals surface area contributed by atoms with E-state index in [2.05, 4.69) is 11.6 Å². The molecule has 0 spiro atoms. The lowest BCUT2D eigenvalue weighted by Crippen LogP contribution is -2.29. The highest BCUT2D eigenvalue weighted by Gasteiger charge is 2.30. The van der Waals surface area contributed by atoms with Crippen LogP contribution >= 0.6 is 0 Å². The molecule has 0 aliphatic rings. The van der Waals surface area contributed by atoms with Crippen LogP contribution in [0.3, 0.4) is 0 Å². The number of amides is 1. The molecule has 6 heteroatoms. The number of carbonyl (C=O) groups is 2. The van der Waals surface area contributed by atoms with E-state index >= 15 is 0 Å². The van der Waals surface area contributed by atoms with E-state index in [-0.39, 0.29) is 17.1 Å². The predicted octanol–water partition coefficient (Wildman–Crippen LogP) is 5.02. The van der Waals surface area contributed by atoms with Gasteiger partial charge >= 0.3 is 12.1 Å². The summed E-state index contributed by atoms with van der Waals surface area (Å²) in [5.74, 6) is -1.18. The minimum atomic E-state index is -1.31. The second-order valence-electron chi connectivity index (χ2n) is 6.56. The van der Waals surface area contributed by atoms with Crippen molar-refractivity contribution in [2.75, 3.05) is 4.90 Å². The van der Waals surface area contributed by atoms with Crippen LogP contribution in [-0.2, 0) is 12.8 Å². The van der Waals surface area contributed by atoms with Gasteiger partial charge in [0.15, 0.2) is 0 Å². The fourth-order valence-electron chi connectivity index (χ4n) is 3.42. The molecule has 1 aromatic heterocycles. The number of carboxylic acids is 1. The molecular formula is C23H22N2O4. The number of aromatic carboxylic acids is 1. The molecule has 148 valence electrons. The maximum atomic E-state index is 12.1. The molecule has 0 atom stereocenters. The molecule has 0 fully saturated rings. The molecule has 0 saturated heterocycles. The number of nitrogens with one attached hydrogen (secondary N) is 1. The number of anilines is 1. The third-order valence-corrected chi connectivity index (χ3v) is 4.76. The van der Waals surface area contributed by atoms with E-state index in [1.807, 2.05) is 43.3 Å². The molecule has 0 bridgehead atoms. The smallest absolute Gasteiger partial charge is 0.417 e. The Hall–Kier alpha value is -3.80. The van der Waals surface area contributed by atoms with E-state index in [1.165, 1.54) is 0 Å². The minimum absolute atomic E-state index is 0.00151. The zero-order valence-electron chi connectivity index (χ0n) is 16.1. The number of hydrogen-bond acceptors (Lipinski definition) is 2. The van der Waals surface area contributed by atoms with Crippen LogP contribution in [-0.4, -0.2) is 27.3 Å². The lowest BCUT2D eigenvalue weighted by molar-refractivity contribution is 0.0697. The summed E-state index contributed by atoms with van der Waals surface area (Å²) in [4.78, 5) is 28.2. The highest BCUT2D eigenvalue weighted by atomic mass is 16.4. The molecule has 1 heterocycles. The van der Waals surface area contributed by atoms with Gasteiger partial charge in [0.25, 0.3) is 0 Å². The van der Waals surface area contributed by atoms with Crippen LogP contribution in [0, 0.1) is 0 Å². The summed E-state index contributed by atoms with van der Waals surface area (Å²) in [6.45, 7) is 5.76. The standard InChI is InChI=1S/C23H22N2O4/c1-3-18-19(14-16-10-6-4-7-11-16)24-21(20(18)22(26)27)25(23(28)29)15(2)17-12-8-5-9-13-17/h4-13,24H,2-3,14H2,1H3,(H,26,27)(H,28,29). The molecular weight excluding hydrogens is 368 g/mol. The Kier molecular flexibility index (Phi) is 5.83. The molecule has 1 amide bonds. The van der Waals surface area contributed by atoms with Gasteiger partial charge in [0, 0.05) is 12.1 Å². The molecule has 0 unspecified atom stereocenters. The normalized spacial score (nSPS) is 10.5. The Labute approximate surface area is 168 Å². The van der Waals surface area contributed by atoms with Gasteiger partial charge in [0.1, 0.15) is 11.4 Å². The number of H-pyrrole nitrogens is 1. The largest absolute Gasteiger partial charge is 0.478 e. The molecule has 0 radical (unpaired) electrons. The minimum Gasteiger partial charge on any atom is -0.478 e. The first-order valence-corrected chi connectivity index (χ1v) is 9.22. The van der Waals surface area contributed by atoms with E-state index < -0.39 is 12.1 Å². The van der Waals surface area contributed by atoms with Crippen molar-refractivity contribution in [3.05, 3.63) is 95.2 Å². The van der Waals surface area contributed by atoms with Gasteiger partial charge in [-0.1, -0.05) is 74.2 Å². The van der Waals surface area contributed by atoms with Crippen molar-refractivity contribution in [1.29, 1.82) is 0 Å². The Morgan fingerprint density at radius 3 is 2.10 bits per heavy atom. The number of hydrogen-bond donors (Lipinski definition) is 3. The van der Waals surface area contributed by atoms with Gasteiger partial charge in [-0.15, -0.1) is 0 Å². The molecule has 3 aromatic rings. The predicted molar refractivity (Wildman–Crippen MR) is 112 cm³/mol. The summed E-state index contributed by atoms with van der Waals surface area (Å²) in [6.07, 6.45) is -0.391. The molecule has 29 heavy (non-hydrogen) atoms. The van der Waals surface area contributed by atoms with Crippen LogP contribution in [0.4, 0.5) is 10.6 Å². The van der Waals surface area contributed by atoms with Crippen molar-refractivity contribution < 1.29 is 19.8 Å². The van der Waals surface area contributed by atoms with Crippen molar-refractivity contribution in [3.8, 4) is 0 Å². The maximum Gasteiger partial charge on any atom is 0.417 e. The van der Waals surface area contributed by atoms with E-state index in [4.69, 9.17) is 0 Å². The molecule has 0 saturated carbocycles. The van der Waals surface area contributed by atoms with Crippen LogP contribution in [0.2, 0.25) is 0 Å². The lowest BCUT2D eigenvalue weighted by Gasteiger charge is -2.21. The third-order valence-electron chi connectivity index (χ3n) is 4.76. The van der Waals surface area contributed by atoms with Crippen molar-refractivity contribution >= 4 is 23.6 Å². The first-order valence-electron chi connectivity index (χ1n) is 9.22. The summed E-state index contributed by atoms with van der Waals surface area (Å²) < 4.78 is 0.